The molecule has 2 aromatic rings. The van der Waals surface area contributed by atoms with Gasteiger partial charge in [-0.15, -0.1) is 0 Å². The van der Waals surface area contributed by atoms with Crippen LogP contribution in [0.15, 0.2) is 54.2 Å². The van der Waals surface area contributed by atoms with Crippen LogP contribution in [0.5, 0.6) is 0 Å². The third-order valence-electron chi connectivity index (χ3n) is 4.54. The molecule has 2 aromatic carbocycles. The van der Waals surface area contributed by atoms with Crippen molar-refractivity contribution in [2.24, 2.45) is 0 Å². The number of nitrogens with zero attached hydrogens (tertiary/aromatic N) is 2. The molecule has 0 bridgehead atoms. The number of aryl methyl sites for hydroxylation is 1. The molecule has 7 nitrogen and oxygen atoms in total. The normalized spacial score (nSPS) is 10.7. The number of nitrogens with one attached hydrogen (secondary N) is 3. The van der Waals surface area contributed by atoms with E-state index in [0.29, 0.717) is 11.4 Å². The van der Waals surface area contributed by atoms with Gasteiger partial charge in [0.25, 0.3) is 5.91 Å². The zero-order valence-corrected chi connectivity index (χ0v) is 17.7. The minimum Gasteiger partial charge on any atom is -0.372 e. The van der Waals surface area contributed by atoms with Gasteiger partial charge in [0.05, 0.1) is 0 Å². The van der Waals surface area contributed by atoms with Gasteiger partial charge in [0.2, 0.25) is 5.91 Å². The number of carbonyl (C=O) groups excluding carboxylic acids is 2. The van der Waals surface area contributed by atoms with Crippen LogP contribution in [-0.2, 0) is 9.59 Å². The van der Waals surface area contributed by atoms with E-state index in [1.165, 1.54) is 13.1 Å². The molecule has 2 rings (SSSR count). The van der Waals surface area contributed by atoms with Crippen LogP contribution < -0.4 is 20.9 Å². The number of hydrogen-bond donors (Lipinski definition) is 3. The summed E-state index contributed by atoms with van der Waals surface area (Å²) in [5, 5.41) is 17.8. The van der Waals surface area contributed by atoms with E-state index < -0.39 is 5.91 Å². The van der Waals surface area contributed by atoms with Gasteiger partial charge < -0.3 is 20.9 Å². The van der Waals surface area contributed by atoms with Crippen molar-refractivity contribution in [2.75, 3.05) is 33.9 Å². The van der Waals surface area contributed by atoms with Crippen LogP contribution in [0.1, 0.15) is 26.3 Å². The summed E-state index contributed by atoms with van der Waals surface area (Å²) in [6, 6.07) is 14.6. The van der Waals surface area contributed by atoms with E-state index in [4.69, 9.17) is 0 Å². The Balaban J connectivity index is 2.07. The molecule has 7 heteroatoms. The number of amides is 2. The largest absolute Gasteiger partial charge is 0.372 e. The van der Waals surface area contributed by atoms with Gasteiger partial charge in [0.1, 0.15) is 11.6 Å². The first-order valence-electron chi connectivity index (χ1n) is 9.79. The fourth-order valence-corrected chi connectivity index (χ4v) is 2.93. The summed E-state index contributed by atoms with van der Waals surface area (Å²) in [6.07, 6.45) is 1.40. The van der Waals surface area contributed by atoms with Crippen LogP contribution >= 0.6 is 0 Å². The molecular formula is C23H27N5O2. The highest BCUT2D eigenvalue weighted by molar-refractivity contribution is 6.06. The van der Waals surface area contributed by atoms with E-state index >= 15 is 0 Å². The molecule has 156 valence electrons. The number of hydrogen-bond acceptors (Lipinski definition) is 5. The Morgan fingerprint density at radius 1 is 1.03 bits per heavy atom. The van der Waals surface area contributed by atoms with Gasteiger partial charge >= 0.3 is 0 Å². The van der Waals surface area contributed by atoms with E-state index in [9.17, 15) is 14.9 Å². The first-order valence-corrected chi connectivity index (χ1v) is 9.79. The molecular weight excluding hydrogens is 378 g/mol. The Morgan fingerprint density at radius 2 is 1.63 bits per heavy atom. The number of rotatable bonds is 8. The first-order chi connectivity index (χ1) is 14.4. The van der Waals surface area contributed by atoms with E-state index in [2.05, 4.69) is 40.8 Å². The maximum absolute atomic E-state index is 12.4. The molecule has 0 saturated carbocycles. The Kier molecular flexibility index (Phi) is 8.00. The summed E-state index contributed by atoms with van der Waals surface area (Å²) in [7, 11) is 0. The van der Waals surface area contributed by atoms with Gasteiger partial charge in [-0.1, -0.05) is 0 Å². The van der Waals surface area contributed by atoms with Crippen molar-refractivity contribution in [1.82, 2.24) is 0 Å². The summed E-state index contributed by atoms with van der Waals surface area (Å²) in [4.78, 5) is 25.7. The second-order valence-electron chi connectivity index (χ2n) is 6.70. The van der Waals surface area contributed by atoms with Crippen molar-refractivity contribution in [3.05, 3.63) is 59.8 Å². The van der Waals surface area contributed by atoms with Gasteiger partial charge in [-0.2, -0.15) is 5.26 Å². The molecule has 0 aromatic heterocycles. The Bertz CT molecular complexity index is 970. The van der Waals surface area contributed by atoms with Crippen molar-refractivity contribution < 1.29 is 9.59 Å². The minimum absolute atomic E-state index is 0.0480. The molecule has 0 aliphatic heterocycles. The van der Waals surface area contributed by atoms with Crippen LogP contribution in [-0.4, -0.2) is 24.9 Å². The predicted molar refractivity (Wildman–Crippen MR) is 121 cm³/mol. The summed E-state index contributed by atoms with van der Waals surface area (Å²) in [5.41, 5.74) is 4.08. The van der Waals surface area contributed by atoms with Crippen LogP contribution in [0.3, 0.4) is 0 Å². The number of anilines is 4. The lowest BCUT2D eigenvalue weighted by atomic mass is 10.1. The number of carbonyl (C=O) groups is 2. The van der Waals surface area contributed by atoms with Crippen LogP contribution in [0, 0.1) is 18.3 Å². The highest BCUT2D eigenvalue weighted by atomic mass is 16.2. The highest BCUT2D eigenvalue weighted by Crippen LogP contribution is 2.23. The molecule has 0 heterocycles. The fourth-order valence-electron chi connectivity index (χ4n) is 2.93. The lowest BCUT2D eigenvalue weighted by molar-refractivity contribution is -0.114. The molecule has 0 radical (unpaired) electrons. The second kappa shape index (κ2) is 10.7. The van der Waals surface area contributed by atoms with E-state index in [1.54, 1.807) is 24.3 Å². The average Bonchev–Trinajstić information content (AvgIpc) is 2.71. The van der Waals surface area contributed by atoms with Crippen molar-refractivity contribution in [1.29, 1.82) is 5.26 Å². The van der Waals surface area contributed by atoms with Gasteiger partial charge in [-0.05, 0) is 68.8 Å². The molecule has 0 unspecified atom stereocenters. The van der Waals surface area contributed by atoms with Crippen molar-refractivity contribution >= 4 is 34.6 Å². The topological polar surface area (TPSA) is 97.3 Å². The summed E-state index contributed by atoms with van der Waals surface area (Å²) >= 11 is 0. The average molecular weight is 406 g/mol. The smallest absolute Gasteiger partial charge is 0.267 e. The maximum atomic E-state index is 12.4. The first kappa shape index (κ1) is 22.5. The van der Waals surface area contributed by atoms with E-state index in [0.717, 1.165) is 30.0 Å². The third-order valence-corrected chi connectivity index (χ3v) is 4.54. The second-order valence-corrected chi connectivity index (χ2v) is 6.70. The molecule has 0 aliphatic carbocycles. The van der Waals surface area contributed by atoms with Gasteiger partial charge in [0.15, 0.2) is 0 Å². The monoisotopic (exact) mass is 405 g/mol. The summed E-state index contributed by atoms with van der Waals surface area (Å²) in [5.74, 6) is -0.692. The molecule has 2 amide bonds. The molecule has 0 aliphatic rings. The summed E-state index contributed by atoms with van der Waals surface area (Å²) in [6.45, 7) is 9.47. The Hall–Kier alpha value is -3.79. The van der Waals surface area contributed by atoms with Gasteiger partial charge in [-0.25, -0.2) is 0 Å². The number of nitriles is 1. The van der Waals surface area contributed by atoms with Crippen molar-refractivity contribution in [2.45, 2.75) is 27.7 Å². The third kappa shape index (κ3) is 6.11. The van der Waals surface area contributed by atoms with Crippen LogP contribution in [0.4, 0.5) is 22.7 Å². The van der Waals surface area contributed by atoms with Crippen molar-refractivity contribution in [3.8, 4) is 6.07 Å². The molecule has 0 fully saturated rings. The highest BCUT2D eigenvalue weighted by Gasteiger charge is 2.10. The van der Waals surface area contributed by atoms with Gasteiger partial charge in [-0.3, -0.25) is 9.59 Å². The standard InChI is InChI=1S/C23H27N5O2/c1-5-28(6-2)21-11-12-22(16(3)13-21)25-15-18(14-24)23(30)27-20-9-7-19(8-10-20)26-17(4)29/h7-13,15,25H,5-6H2,1-4H3,(H,26,29)(H,27,30)/b18-15-. The number of benzene rings is 2. The van der Waals surface area contributed by atoms with Crippen molar-refractivity contribution in [3.63, 3.8) is 0 Å². The van der Waals surface area contributed by atoms with E-state index in [-0.39, 0.29) is 11.5 Å². The molecule has 0 spiro atoms. The minimum atomic E-state index is -0.519. The fraction of sp³-hybridized carbons (Fsp3) is 0.261. The SMILES string of the molecule is CCN(CC)c1ccc(N/C=C(/C#N)C(=O)Nc2ccc(NC(C)=O)cc2)c(C)c1. The predicted octanol–water partition coefficient (Wildman–Crippen LogP) is 4.26. The lowest BCUT2D eigenvalue weighted by Crippen LogP contribution is -2.21. The molecule has 0 saturated heterocycles. The molecule has 0 atom stereocenters. The zero-order chi connectivity index (χ0) is 22.1. The molecule has 3 N–H and O–H groups in total. The Labute approximate surface area is 177 Å². The van der Waals surface area contributed by atoms with Gasteiger partial charge in [0, 0.05) is 49.0 Å². The maximum Gasteiger partial charge on any atom is 0.267 e. The van der Waals surface area contributed by atoms with Crippen LogP contribution in [0.2, 0.25) is 0 Å². The quantitative estimate of drug-likeness (QED) is 0.450. The summed E-state index contributed by atoms with van der Waals surface area (Å²) < 4.78 is 0. The Morgan fingerprint density at radius 3 is 2.13 bits per heavy atom. The van der Waals surface area contributed by atoms with Crippen LogP contribution in [0.25, 0.3) is 0 Å². The van der Waals surface area contributed by atoms with E-state index in [1.807, 2.05) is 25.1 Å². The lowest BCUT2D eigenvalue weighted by Gasteiger charge is -2.22. The zero-order valence-electron chi connectivity index (χ0n) is 17.7. The molecule has 30 heavy (non-hydrogen) atoms.